The van der Waals surface area contributed by atoms with Gasteiger partial charge in [0.1, 0.15) is 11.6 Å². The van der Waals surface area contributed by atoms with Crippen LogP contribution in [-0.4, -0.2) is 0 Å². The molecular weight excluding hydrogens is 302 g/mol. The molecule has 0 spiro atoms. The standard InChI is InChI=1S/C22H22F2/c1-2-3-4-5-6-16-7-8-18-12-19(10-9-17(18)11-16)20-13-21(23)15-22(24)14-20/h7-15H,2-6H2,1H3. The molecule has 0 amide bonds. The topological polar surface area (TPSA) is 0 Å². The predicted octanol–water partition coefficient (Wildman–Crippen LogP) is 6.91. The van der Waals surface area contributed by atoms with Crippen molar-refractivity contribution < 1.29 is 8.78 Å². The second-order valence-electron chi connectivity index (χ2n) is 6.37. The maximum Gasteiger partial charge on any atom is 0.126 e. The molecule has 3 rings (SSSR count). The summed E-state index contributed by atoms with van der Waals surface area (Å²) in [5, 5.41) is 2.26. The summed E-state index contributed by atoms with van der Waals surface area (Å²) < 4.78 is 26.8. The lowest BCUT2D eigenvalue weighted by molar-refractivity contribution is 0.584. The van der Waals surface area contributed by atoms with Gasteiger partial charge in [0.2, 0.25) is 0 Å². The van der Waals surface area contributed by atoms with Crippen LogP contribution in [0.2, 0.25) is 0 Å². The molecule has 0 saturated carbocycles. The molecule has 0 heterocycles. The fourth-order valence-corrected chi connectivity index (χ4v) is 3.11. The molecule has 0 aromatic heterocycles. The molecule has 0 aliphatic heterocycles. The van der Waals surface area contributed by atoms with E-state index in [1.807, 2.05) is 18.2 Å². The first-order valence-corrected chi connectivity index (χ1v) is 8.65. The lowest BCUT2D eigenvalue weighted by Gasteiger charge is -2.07. The van der Waals surface area contributed by atoms with Crippen LogP contribution in [0.4, 0.5) is 8.78 Å². The molecule has 0 unspecified atom stereocenters. The van der Waals surface area contributed by atoms with Gasteiger partial charge in [0.15, 0.2) is 0 Å². The number of hydrogen-bond donors (Lipinski definition) is 0. The molecule has 3 aromatic rings. The van der Waals surface area contributed by atoms with Gasteiger partial charge >= 0.3 is 0 Å². The highest BCUT2D eigenvalue weighted by Crippen LogP contribution is 2.27. The van der Waals surface area contributed by atoms with Gasteiger partial charge in [-0.25, -0.2) is 8.78 Å². The van der Waals surface area contributed by atoms with E-state index in [4.69, 9.17) is 0 Å². The Balaban J connectivity index is 1.84. The fraction of sp³-hybridized carbons (Fsp3) is 0.273. The van der Waals surface area contributed by atoms with E-state index in [2.05, 4.69) is 25.1 Å². The number of halogens is 2. The smallest absolute Gasteiger partial charge is 0.126 e. The van der Waals surface area contributed by atoms with Crippen LogP contribution in [0.1, 0.15) is 38.2 Å². The highest BCUT2D eigenvalue weighted by atomic mass is 19.1. The van der Waals surface area contributed by atoms with Crippen LogP contribution >= 0.6 is 0 Å². The van der Waals surface area contributed by atoms with Crippen molar-refractivity contribution >= 4 is 10.8 Å². The Morgan fingerprint density at radius 1 is 0.667 bits per heavy atom. The summed E-state index contributed by atoms with van der Waals surface area (Å²) in [6.07, 6.45) is 6.15. The number of unbranched alkanes of at least 4 members (excludes halogenated alkanes) is 3. The van der Waals surface area contributed by atoms with Crippen molar-refractivity contribution in [3.05, 3.63) is 71.8 Å². The summed E-state index contributed by atoms with van der Waals surface area (Å²) in [5.74, 6) is -1.10. The molecule has 0 bridgehead atoms. The van der Waals surface area contributed by atoms with Gasteiger partial charge in [-0.05, 0) is 58.5 Å². The van der Waals surface area contributed by atoms with Gasteiger partial charge < -0.3 is 0 Å². The van der Waals surface area contributed by atoms with E-state index in [9.17, 15) is 8.78 Å². The second-order valence-corrected chi connectivity index (χ2v) is 6.37. The Morgan fingerprint density at radius 3 is 2.12 bits per heavy atom. The lowest BCUT2D eigenvalue weighted by atomic mass is 9.98. The Labute approximate surface area is 142 Å². The van der Waals surface area contributed by atoms with Crippen LogP contribution in [0, 0.1) is 11.6 Å². The summed E-state index contributed by atoms with van der Waals surface area (Å²) in [6, 6.07) is 16.1. The number of hydrogen-bond acceptors (Lipinski definition) is 0. The molecule has 0 fully saturated rings. The van der Waals surface area contributed by atoms with E-state index in [1.165, 1.54) is 48.8 Å². The third kappa shape index (κ3) is 4.00. The van der Waals surface area contributed by atoms with Crippen LogP contribution in [0.3, 0.4) is 0 Å². The van der Waals surface area contributed by atoms with E-state index in [1.54, 1.807) is 0 Å². The van der Waals surface area contributed by atoms with Crippen LogP contribution in [0.15, 0.2) is 54.6 Å². The van der Waals surface area contributed by atoms with Crippen molar-refractivity contribution in [2.24, 2.45) is 0 Å². The van der Waals surface area contributed by atoms with Crippen LogP contribution in [0.5, 0.6) is 0 Å². The van der Waals surface area contributed by atoms with E-state index < -0.39 is 11.6 Å². The molecule has 0 aliphatic carbocycles. The monoisotopic (exact) mass is 324 g/mol. The molecule has 2 heteroatoms. The van der Waals surface area contributed by atoms with E-state index in [0.717, 1.165) is 23.4 Å². The van der Waals surface area contributed by atoms with Crippen molar-refractivity contribution in [3.8, 4) is 11.1 Å². The third-order valence-electron chi connectivity index (χ3n) is 4.42. The summed E-state index contributed by atoms with van der Waals surface area (Å²) in [4.78, 5) is 0. The Kier molecular flexibility index (Phi) is 5.24. The molecule has 0 saturated heterocycles. The number of aryl methyl sites for hydroxylation is 1. The summed E-state index contributed by atoms with van der Waals surface area (Å²) in [5.41, 5.74) is 2.75. The predicted molar refractivity (Wildman–Crippen MR) is 97.1 cm³/mol. The molecule has 24 heavy (non-hydrogen) atoms. The van der Waals surface area contributed by atoms with Gasteiger partial charge in [-0.15, -0.1) is 0 Å². The fourth-order valence-electron chi connectivity index (χ4n) is 3.11. The van der Waals surface area contributed by atoms with Crippen LogP contribution in [-0.2, 0) is 6.42 Å². The molecule has 0 radical (unpaired) electrons. The zero-order chi connectivity index (χ0) is 16.9. The average molecular weight is 324 g/mol. The van der Waals surface area contributed by atoms with E-state index in [0.29, 0.717) is 5.56 Å². The van der Waals surface area contributed by atoms with Crippen molar-refractivity contribution in [2.45, 2.75) is 39.0 Å². The minimum absolute atomic E-state index is 0.549. The van der Waals surface area contributed by atoms with Gasteiger partial charge in [0.25, 0.3) is 0 Å². The molecule has 0 nitrogen and oxygen atoms in total. The quantitative estimate of drug-likeness (QED) is 0.432. The first-order chi connectivity index (χ1) is 11.7. The second kappa shape index (κ2) is 7.57. The van der Waals surface area contributed by atoms with Gasteiger partial charge in [-0.1, -0.05) is 56.5 Å². The molecule has 0 aliphatic rings. The minimum Gasteiger partial charge on any atom is -0.207 e. The summed E-state index contributed by atoms with van der Waals surface area (Å²) in [7, 11) is 0. The zero-order valence-corrected chi connectivity index (χ0v) is 14.0. The maximum atomic E-state index is 13.4. The van der Waals surface area contributed by atoms with Gasteiger partial charge in [-0.3, -0.25) is 0 Å². The largest absolute Gasteiger partial charge is 0.207 e. The number of benzene rings is 3. The first-order valence-electron chi connectivity index (χ1n) is 8.65. The highest BCUT2D eigenvalue weighted by molar-refractivity contribution is 5.87. The van der Waals surface area contributed by atoms with E-state index >= 15 is 0 Å². The Morgan fingerprint density at radius 2 is 1.38 bits per heavy atom. The summed E-state index contributed by atoms with van der Waals surface area (Å²) >= 11 is 0. The minimum atomic E-state index is -0.549. The molecule has 124 valence electrons. The van der Waals surface area contributed by atoms with Gasteiger partial charge in [-0.2, -0.15) is 0 Å². The highest BCUT2D eigenvalue weighted by Gasteiger charge is 2.05. The Bertz CT molecular complexity index is 816. The molecule has 3 aromatic carbocycles. The SMILES string of the molecule is CCCCCCc1ccc2cc(-c3cc(F)cc(F)c3)ccc2c1. The first kappa shape index (κ1) is 16.6. The Hall–Kier alpha value is -2.22. The van der Waals surface area contributed by atoms with Crippen molar-refractivity contribution in [2.75, 3.05) is 0 Å². The molecular formula is C22H22F2. The maximum absolute atomic E-state index is 13.4. The zero-order valence-electron chi connectivity index (χ0n) is 14.0. The van der Waals surface area contributed by atoms with Gasteiger partial charge in [0.05, 0.1) is 0 Å². The van der Waals surface area contributed by atoms with E-state index in [-0.39, 0.29) is 0 Å². The normalized spacial score (nSPS) is 11.1. The summed E-state index contributed by atoms with van der Waals surface area (Å²) in [6.45, 7) is 2.22. The molecule has 0 N–H and O–H groups in total. The van der Waals surface area contributed by atoms with Crippen LogP contribution in [0.25, 0.3) is 21.9 Å². The van der Waals surface area contributed by atoms with Crippen molar-refractivity contribution in [1.29, 1.82) is 0 Å². The number of rotatable bonds is 6. The molecule has 0 atom stereocenters. The van der Waals surface area contributed by atoms with Gasteiger partial charge in [0, 0.05) is 6.07 Å². The lowest BCUT2D eigenvalue weighted by Crippen LogP contribution is -1.87. The van der Waals surface area contributed by atoms with Crippen LogP contribution < -0.4 is 0 Å². The van der Waals surface area contributed by atoms with Crippen molar-refractivity contribution in [3.63, 3.8) is 0 Å². The third-order valence-corrected chi connectivity index (χ3v) is 4.42. The average Bonchev–Trinajstić information content (AvgIpc) is 2.57. The van der Waals surface area contributed by atoms with Crippen molar-refractivity contribution in [1.82, 2.24) is 0 Å². The number of fused-ring (bicyclic) bond motifs is 1.